The summed E-state index contributed by atoms with van der Waals surface area (Å²) in [6, 6.07) is 13.4. The molecule has 0 aliphatic heterocycles. The van der Waals surface area contributed by atoms with E-state index in [0.29, 0.717) is 13.1 Å². The van der Waals surface area contributed by atoms with Crippen molar-refractivity contribution in [3.63, 3.8) is 0 Å². The zero-order valence-electron chi connectivity index (χ0n) is 16.4. The molecule has 0 aliphatic carbocycles. The van der Waals surface area contributed by atoms with Gasteiger partial charge < -0.3 is 9.88 Å². The summed E-state index contributed by atoms with van der Waals surface area (Å²) in [6.07, 6.45) is 5.32. The van der Waals surface area contributed by atoms with Crippen LogP contribution in [0.25, 0.3) is 0 Å². The maximum absolute atomic E-state index is 12.5. The van der Waals surface area contributed by atoms with Gasteiger partial charge in [0.25, 0.3) is 0 Å². The molecule has 1 heterocycles. The minimum atomic E-state index is -3.77. The highest BCUT2D eigenvalue weighted by Crippen LogP contribution is 2.12. The quantitative estimate of drug-likeness (QED) is 0.593. The monoisotopic (exact) mass is 412 g/mol. The van der Waals surface area contributed by atoms with Crippen molar-refractivity contribution in [3.8, 4) is 0 Å². The van der Waals surface area contributed by atoms with Crippen LogP contribution in [-0.2, 0) is 27.9 Å². The van der Waals surface area contributed by atoms with E-state index in [1.807, 2.05) is 42.0 Å². The Labute approximate surface area is 170 Å². The van der Waals surface area contributed by atoms with Gasteiger partial charge in [-0.05, 0) is 37.1 Å². The molecule has 29 heavy (non-hydrogen) atoms. The molecule has 7 nitrogen and oxygen atoms in total. The predicted octanol–water partition coefficient (Wildman–Crippen LogP) is 2.22. The molecule has 2 aromatic carbocycles. The number of aryl methyl sites for hydroxylation is 1. The lowest BCUT2D eigenvalue weighted by molar-refractivity contribution is -0.122. The van der Waals surface area contributed by atoms with Crippen molar-refractivity contribution in [2.45, 2.75) is 37.9 Å². The van der Waals surface area contributed by atoms with Crippen molar-refractivity contribution in [1.82, 2.24) is 19.6 Å². The highest BCUT2D eigenvalue weighted by Gasteiger charge is 2.22. The van der Waals surface area contributed by atoms with E-state index in [1.165, 1.54) is 19.1 Å². The Kier molecular flexibility index (Phi) is 6.46. The zero-order chi connectivity index (χ0) is 20.9. The molecule has 0 saturated carbocycles. The normalized spacial score (nSPS) is 12.5. The average Bonchev–Trinajstić information content (AvgIpc) is 3.20. The lowest BCUT2D eigenvalue weighted by Gasteiger charge is -2.16. The van der Waals surface area contributed by atoms with Crippen molar-refractivity contribution < 1.29 is 13.2 Å². The van der Waals surface area contributed by atoms with Gasteiger partial charge in [-0.3, -0.25) is 4.79 Å². The molecule has 0 fully saturated rings. The topological polar surface area (TPSA) is 93.1 Å². The molecular weight excluding hydrogens is 388 g/mol. The number of nitrogens with zero attached hydrogens (tertiary/aromatic N) is 2. The zero-order valence-corrected chi connectivity index (χ0v) is 17.2. The molecule has 0 unspecified atom stereocenters. The van der Waals surface area contributed by atoms with Crippen LogP contribution in [0.5, 0.6) is 0 Å². The second-order valence-corrected chi connectivity index (χ2v) is 8.59. The lowest BCUT2D eigenvalue weighted by Crippen LogP contribution is -2.44. The summed E-state index contributed by atoms with van der Waals surface area (Å²) < 4.78 is 29.3. The van der Waals surface area contributed by atoms with Gasteiger partial charge >= 0.3 is 0 Å². The number of imidazole rings is 1. The first-order valence-corrected chi connectivity index (χ1v) is 10.7. The van der Waals surface area contributed by atoms with Crippen LogP contribution in [-0.4, -0.2) is 29.9 Å². The lowest BCUT2D eigenvalue weighted by atomic mass is 10.1. The molecule has 3 aromatic rings. The van der Waals surface area contributed by atoms with E-state index in [0.717, 1.165) is 16.7 Å². The van der Waals surface area contributed by atoms with Gasteiger partial charge in [-0.1, -0.05) is 42.0 Å². The van der Waals surface area contributed by atoms with Crippen LogP contribution < -0.4 is 10.0 Å². The highest BCUT2D eigenvalue weighted by atomic mass is 32.2. The smallest absolute Gasteiger partial charge is 0.241 e. The van der Waals surface area contributed by atoms with E-state index in [9.17, 15) is 13.2 Å². The summed E-state index contributed by atoms with van der Waals surface area (Å²) >= 11 is 0. The number of rotatable bonds is 8. The average molecular weight is 413 g/mol. The molecule has 0 spiro atoms. The molecule has 152 valence electrons. The van der Waals surface area contributed by atoms with Crippen molar-refractivity contribution in [3.05, 3.63) is 83.9 Å². The summed E-state index contributed by atoms with van der Waals surface area (Å²) in [5, 5.41) is 2.81. The van der Waals surface area contributed by atoms with E-state index in [1.54, 1.807) is 24.7 Å². The molecule has 0 aliphatic rings. The van der Waals surface area contributed by atoms with E-state index >= 15 is 0 Å². The number of amides is 1. The number of hydrogen-bond acceptors (Lipinski definition) is 4. The third-order valence-corrected chi connectivity index (χ3v) is 6.10. The molecule has 1 atom stereocenters. The first-order valence-electron chi connectivity index (χ1n) is 9.24. The first-order chi connectivity index (χ1) is 13.8. The minimum absolute atomic E-state index is 0.133. The number of nitrogens with one attached hydrogen (secondary N) is 2. The summed E-state index contributed by atoms with van der Waals surface area (Å²) in [5.41, 5.74) is 2.98. The Morgan fingerprint density at radius 3 is 2.45 bits per heavy atom. The van der Waals surface area contributed by atoms with Crippen LogP contribution in [0, 0.1) is 6.92 Å². The molecule has 1 amide bonds. The minimum Gasteiger partial charge on any atom is -0.351 e. The van der Waals surface area contributed by atoms with Crippen molar-refractivity contribution in [1.29, 1.82) is 0 Å². The maximum atomic E-state index is 12.5. The third kappa shape index (κ3) is 5.52. The van der Waals surface area contributed by atoms with Gasteiger partial charge in [0, 0.05) is 25.5 Å². The Morgan fingerprint density at radius 1 is 1.10 bits per heavy atom. The van der Waals surface area contributed by atoms with Crippen molar-refractivity contribution in [2.75, 3.05) is 0 Å². The van der Waals surface area contributed by atoms with Gasteiger partial charge in [0.2, 0.25) is 15.9 Å². The van der Waals surface area contributed by atoms with E-state index < -0.39 is 22.0 Å². The highest BCUT2D eigenvalue weighted by molar-refractivity contribution is 7.89. The molecule has 8 heteroatoms. The third-order valence-electron chi connectivity index (χ3n) is 4.54. The van der Waals surface area contributed by atoms with E-state index in [4.69, 9.17) is 0 Å². The van der Waals surface area contributed by atoms with Crippen LogP contribution >= 0.6 is 0 Å². The van der Waals surface area contributed by atoms with Gasteiger partial charge in [-0.25, -0.2) is 13.4 Å². The Bertz CT molecular complexity index is 1060. The number of hydrogen-bond donors (Lipinski definition) is 2. The predicted molar refractivity (Wildman–Crippen MR) is 111 cm³/mol. The van der Waals surface area contributed by atoms with Crippen LogP contribution in [0.2, 0.25) is 0 Å². The molecular formula is C21H24N4O3S. The Hall–Kier alpha value is -2.97. The summed E-state index contributed by atoms with van der Waals surface area (Å²) in [7, 11) is -3.77. The van der Waals surface area contributed by atoms with E-state index in [2.05, 4.69) is 15.0 Å². The Morgan fingerprint density at radius 2 is 1.79 bits per heavy atom. The van der Waals surface area contributed by atoms with Crippen LogP contribution in [0.15, 0.2) is 72.1 Å². The second-order valence-electron chi connectivity index (χ2n) is 6.88. The van der Waals surface area contributed by atoms with Gasteiger partial charge in [0.1, 0.15) is 0 Å². The van der Waals surface area contributed by atoms with E-state index in [-0.39, 0.29) is 4.90 Å². The second kappa shape index (κ2) is 9.02. The van der Waals surface area contributed by atoms with Crippen LogP contribution in [0.1, 0.15) is 23.6 Å². The maximum Gasteiger partial charge on any atom is 0.241 e. The molecule has 0 radical (unpaired) electrons. The van der Waals surface area contributed by atoms with Gasteiger partial charge in [0.05, 0.1) is 17.3 Å². The van der Waals surface area contributed by atoms with Crippen LogP contribution in [0.3, 0.4) is 0 Å². The SMILES string of the molecule is Cc1ccc(S(=O)(=O)N[C@@H](C)C(=O)NCc2ccccc2Cn2ccnc2)cc1. The fourth-order valence-electron chi connectivity index (χ4n) is 2.87. The fraction of sp³-hybridized carbons (Fsp3) is 0.238. The molecule has 3 rings (SSSR count). The standard InChI is InChI=1S/C21H24N4O3S/c1-16-7-9-20(10-8-16)29(27,28)24-17(2)21(26)23-13-18-5-3-4-6-19(18)14-25-12-11-22-15-25/h3-12,15,17,24H,13-14H2,1-2H3,(H,23,26)/t17-/m0/s1. The van der Waals surface area contributed by atoms with Gasteiger partial charge in [-0.2, -0.15) is 4.72 Å². The van der Waals surface area contributed by atoms with Crippen molar-refractivity contribution in [2.24, 2.45) is 0 Å². The summed E-state index contributed by atoms with van der Waals surface area (Å²) in [5.74, 6) is -0.391. The molecule has 0 bridgehead atoms. The Balaban J connectivity index is 1.61. The number of benzene rings is 2. The number of aromatic nitrogens is 2. The summed E-state index contributed by atoms with van der Waals surface area (Å²) in [6.45, 7) is 4.35. The molecule has 2 N–H and O–H groups in total. The largest absolute Gasteiger partial charge is 0.351 e. The number of sulfonamides is 1. The molecule has 1 aromatic heterocycles. The summed E-state index contributed by atoms with van der Waals surface area (Å²) in [4.78, 5) is 16.6. The fourth-order valence-corrected chi connectivity index (χ4v) is 4.07. The molecule has 0 saturated heterocycles. The first kappa shape index (κ1) is 20.8. The number of carbonyl (C=O) groups excluding carboxylic acids is 1. The van der Waals surface area contributed by atoms with Gasteiger partial charge in [-0.15, -0.1) is 0 Å². The number of carbonyl (C=O) groups is 1. The van der Waals surface area contributed by atoms with Crippen LogP contribution in [0.4, 0.5) is 0 Å². The van der Waals surface area contributed by atoms with Gasteiger partial charge in [0.15, 0.2) is 0 Å². The van der Waals surface area contributed by atoms with Crippen molar-refractivity contribution >= 4 is 15.9 Å².